The van der Waals surface area contributed by atoms with Crippen molar-refractivity contribution in [3.8, 4) is 0 Å². The first-order chi connectivity index (χ1) is 11.7. The minimum atomic E-state index is 0.471. The lowest BCUT2D eigenvalue weighted by Gasteiger charge is -2.35. The molecule has 0 bridgehead atoms. The van der Waals surface area contributed by atoms with E-state index in [9.17, 15) is 0 Å². The number of hydrogen-bond donors (Lipinski definition) is 2. The van der Waals surface area contributed by atoms with Crippen LogP contribution in [0.2, 0.25) is 0 Å². The van der Waals surface area contributed by atoms with E-state index in [1.165, 1.54) is 0 Å². The topological polar surface area (TPSA) is 113 Å². The van der Waals surface area contributed by atoms with Gasteiger partial charge in [-0.05, 0) is 19.1 Å². The minimum absolute atomic E-state index is 0.471. The molecule has 4 heterocycles. The molecule has 4 rings (SSSR count). The zero-order valence-corrected chi connectivity index (χ0v) is 13.5. The molecule has 124 valence electrons. The molecule has 1 aliphatic heterocycles. The molecular formula is C15H19N9. The van der Waals surface area contributed by atoms with E-state index in [4.69, 9.17) is 5.73 Å². The van der Waals surface area contributed by atoms with Crippen LogP contribution in [0.15, 0.2) is 18.5 Å². The smallest absolute Gasteiger partial charge is 0.166 e. The maximum Gasteiger partial charge on any atom is 0.166 e. The van der Waals surface area contributed by atoms with Gasteiger partial charge in [0.2, 0.25) is 0 Å². The zero-order valence-electron chi connectivity index (χ0n) is 13.5. The Bertz CT molecular complexity index is 851. The minimum Gasteiger partial charge on any atom is -0.384 e. The first-order valence-corrected chi connectivity index (χ1v) is 7.91. The molecule has 0 aromatic carbocycles. The summed E-state index contributed by atoms with van der Waals surface area (Å²) in [6.45, 7) is 6.32. The Balaban J connectivity index is 1.48. The number of H-pyrrole nitrogens is 1. The van der Waals surface area contributed by atoms with Crippen LogP contribution in [-0.4, -0.2) is 61.2 Å². The van der Waals surface area contributed by atoms with Crippen molar-refractivity contribution in [2.24, 2.45) is 0 Å². The predicted molar refractivity (Wildman–Crippen MR) is 90.4 cm³/mol. The molecule has 0 aliphatic carbocycles. The number of nitrogen functional groups attached to an aromatic ring is 1. The number of pyridine rings is 1. The van der Waals surface area contributed by atoms with Gasteiger partial charge in [0.15, 0.2) is 11.5 Å². The molecule has 0 amide bonds. The summed E-state index contributed by atoms with van der Waals surface area (Å²) < 4.78 is 0. The molecule has 0 spiro atoms. The third-order valence-corrected chi connectivity index (χ3v) is 4.18. The van der Waals surface area contributed by atoms with Crippen LogP contribution in [-0.2, 0) is 6.54 Å². The summed E-state index contributed by atoms with van der Waals surface area (Å²) in [7, 11) is 0. The van der Waals surface area contributed by atoms with Gasteiger partial charge in [-0.2, -0.15) is 5.10 Å². The van der Waals surface area contributed by atoms with Crippen molar-refractivity contribution in [1.82, 2.24) is 35.0 Å². The van der Waals surface area contributed by atoms with Crippen LogP contribution in [0.4, 0.5) is 11.6 Å². The van der Waals surface area contributed by atoms with Gasteiger partial charge in [0, 0.05) is 26.2 Å². The van der Waals surface area contributed by atoms with Crippen molar-refractivity contribution < 1.29 is 0 Å². The average molecular weight is 325 g/mol. The van der Waals surface area contributed by atoms with E-state index in [0.717, 1.165) is 55.6 Å². The van der Waals surface area contributed by atoms with Gasteiger partial charge in [0.25, 0.3) is 0 Å². The SMILES string of the molecule is Cc1nc(CN2CCN(c3ncnc4nc(N)ccc34)CC2)n[nH]1. The van der Waals surface area contributed by atoms with Crippen LogP contribution in [0.25, 0.3) is 11.0 Å². The highest BCUT2D eigenvalue weighted by molar-refractivity contribution is 5.87. The van der Waals surface area contributed by atoms with Crippen molar-refractivity contribution in [3.63, 3.8) is 0 Å². The molecule has 0 unspecified atom stereocenters. The predicted octanol–water partition coefficient (Wildman–Crippen LogP) is 0.356. The molecule has 9 heteroatoms. The summed E-state index contributed by atoms with van der Waals surface area (Å²) in [5.74, 6) is 3.08. The highest BCUT2D eigenvalue weighted by atomic mass is 15.3. The van der Waals surface area contributed by atoms with Gasteiger partial charge >= 0.3 is 0 Å². The van der Waals surface area contributed by atoms with Crippen LogP contribution in [0.3, 0.4) is 0 Å². The van der Waals surface area contributed by atoms with Crippen molar-refractivity contribution in [3.05, 3.63) is 30.1 Å². The summed E-state index contributed by atoms with van der Waals surface area (Å²) in [5.41, 5.74) is 6.38. The maximum atomic E-state index is 5.74. The number of fused-ring (bicyclic) bond motifs is 1. The molecule has 3 N–H and O–H groups in total. The molecule has 0 radical (unpaired) electrons. The molecule has 3 aromatic heterocycles. The van der Waals surface area contributed by atoms with Crippen molar-refractivity contribution in [1.29, 1.82) is 0 Å². The van der Waals surface area contributed by atoms with E-state index in [1.54, 1.807) is 12.4 Å². The van der Waals surface area contributed by atoms with Crippen LogP contribution in [0.1, 0.15) is 11.6 Å². The maximum absolute atomic E-state index is 5.74. The number of nitrogens with two attached hydrogens (primary N) is 1. The molecule has 0 saturated carbocycles. The van der Waals surface area contributed by atoms with E-state index in [1.807, 2.05) is 13.0 Å². The summed E-state index contributed by atoms with van der Waals surface area (Å²) in [6, 6.07) is 3.73. The number of nitrogens with one attached hydrogen (secondary N) is 1. The second kappa shape index (κ2) is 6.00. The van der Waals surface area contributed by atoms with E-state index in [-0.39, 0.29) is 0 Å². The van der Waals surface area contributed by atoms with Gasteiger partial charge in [-0.1, -0.05) is 0 Å². The first kappa shape index (κ1) is 14.8. The quantitative estimate of drug-likeness (QED) is 0.709. The van der Waals surface area contributed by atoms with Gasteiger partial charge in [-0.15, -0.1) is 0 Å². The van der Waals surface area contributed by atoms with Gasteiger partial charge in [-0.3, -0.25) is 10.00 Å². The fraction of sp³-hybridized carbons (Fsp3) is 0.400. The normalized spacial score (nSPS) is 16.0. The molecule has 3 aromatic rings. The monoisotopic (exact) mass is 325 g/mol. The fourth-order valence-corrected chi connectivity index (χ4v) is 2.97. The highest BCUT2D eigenvalue weighted by Gasteiger charge is 2.21. The van der Waals surface area contributed by atoms with E-state index < -0.39 is 0 Å². The van der Waals surface area contributed by atoms with Crippen molar-refractivity contribution >= 4 is 22.7 Å². The zero-order chi connectivity index (χ0) is 16.5. The fourth-order valence-electron chi connectivity index (χ4n) is 2.97. The second-order valence-corrected chi connectivity index (χ2v) is 5.90. The van der Waals surface area contributed by atoms with Gasteiger partial charge < -0.3 is 10.6 Å². The number of anilines is 2. The van der Waals surface area contributed by atoms with Gasteiger partial charge in [0.1, 0.15) is 23.8 Å². The molecule has 1 aliphatic rings. The number of aromatic amines is 1. The van der Waals surface area contributed by atoms with Gasteiger partial charge in [0.05, 0.1) is 11.9 Å². The first-order valence-electron chi connectivity index (χ1n) is 7.91. The summed E-state index contributed by atoms with van der Waals surface area (Å²) in [4.78, 5) is 21.9. The number of aromatic nitrogens is 6. The van der Waals surface area contributed by atoms with Crippen molar-refractivity contribution in [2.45, 2.75) is 13.5 Å². The standard InChI is InChI=1S/C15H19N9/c1-10-19-13(22-21-10)8-23-4-6-24(7-5-23)15-11-2-3-12(16)20-14(11)17-9-18-15/h2-3,9H,4-8H2,1H3,(H,19,21,22)(H2,16,17,18,20). The van der Waals surface area contributed by atoms with Crippen LogP contribution >= 0.6 is 0 Å². The third kappa shape index (κ3) is 2.85. The van der Waals surface area contributed by atoms with Gasteiger partial charge in [-0.25, -0.2) is 19.9 Å². The lowest BCUT2D eigenvalue weighted by Crippen LogP contribution is -2.46. The summed E-state index contributed by atoms with van der Waals surface area (Å²) in [6.07, 6.45) is 1.55. The number of rotatable bonds is 3. The van der Waals surface area contributed by atoms with E-state index in [0.29, 0.717) is 11.5 Å². The Morgan fingerprint density at radius 2 is 1.96 bits per heavy atom. The average Bonchev–Trinajstić information content (AvgIpc) is 3.00. The van der Waals surface area contributed by atoms with Crippen molar-refractivity contribution in [2.75, 3.05) is 36.8 Å². The Morgan fingerprint density at radius 3 is 2.71 bits per heavy atom. The number of piperazine rings is 1. The largest absolute Gasteiger partial charge is 0.384 e. The molecule has 24 heavy (non-hydrogen) atoms. The van der Waals surface area contributed by atoms with Crippen LogP contribution < -0.4 is 10.6 Å². The molecule has 1 saturated heterocycles. The second-order valence-electron chi connectivity index (χ2n) is 5.90. The summed E-state index contributed by atoms with van der Waals surface area (Å²) >= 11 is 0. The lowest BCUT2D eigenvalue weighted by atomic mass is 10.2. The Labute approximate surface area is 138 Å². The third-order valence-electron chi connectivity index (χ3n) is 4.18. The number of aryl methyl sites for hydroxylation is 1. The Kier molecular flexibility index (Phi) is 3.69. The Hall–Kier alpha value is -2.81. The molecule has 1 fully saturated rings. The van der Waals surface area contributed by atoms with Crippen LogP contribution in [0, 0.1) is 6.92 Å². The number of hydrogen-bond acceptors (Lipinski definition) is 8. The van der Waals surface area contributed by atoms with Crippen LogP contribution in [0.5, 0.6) is 0 Å². The highest BCUT2D eigenvalue weighted by Crippen LogP contribution is 2.23. The van der Waals surface area contributed by atoms with E-state index >= 15 is 0 Å². The van der Waals surface area contributed by atoms with E-state index in [2.05, 4.69) is 39.9 Å². The summed E-state index contributed by atoms with van der Waals surface area (Å²) in [5, 5.41) is 8.02. The molecule has 9 nitrogen and oxygen atoms in total. The number of nitrogens with zero attached hydrogens (tertiary/aromatic N) is 7. The molecule has 0 atom stereocenters. The molecular weight excluding hydrogens is 306 g/mol. The Morgan fingerprint density at radius 1 is 1.12 bits per heavy atom. The lowest BCUT2D eigenvalue weighted by molar-refractivity contribution is 0.244.